The highest BCUT2D eigenvalue weighted by Crippen LogP contribution is 2.32. The zero-order chi connectivity index (χ0) is 18.7. The van der Waals surface area contributed by atoms with Crippen molar-refractivity contribution in [1.29, 1.82) is 0 Å². The number of halogens is 2. The Labute approximate surface area is 160 Å². The van der Waals surface area contributed by atoms with E-state index in [1.165, 1.54) is 11.8 Å². The lowest BCUT2D eigenvalue weighted by atomic mass is 10.2. The number of rotatable bonds is 5. The van der Waals surface area contributed by atoms with Crippen LogP contribution in [0.5, 0.6) is 11.5 Å². The quantitative estimate of drug-likeness (QED) is 0.843. The summed E-state index contributed by atoms with van der Waals surface area (Å²) < 4.78 is 10.6. The van der Waals surface area contributed by atoms with Gasteiger partial charge < -0.3 is 19.7 Å². The van der Waals surface area contributed by atoms with Gasteiger partial charge in [-0.2, -0.15) is 0 Å². The molecule has 8 heteroatoms. The number of amides is 2. The number of carbonyl (C=O) groups excluding carboxylic acids is 2. The van der Waals surface area contributed by atoms with Crippen LogP contribution < -0.4 is 19.7 Å². The van der Waals surface area contributed by atoms with Gasteiger partial charge in [-0.1, -0.05) is 29.3 Å². The van der Waals surface area contributed by atoms with Gasteiger partial charge >= 0.3 is 0 Å². The van der Waals surface area contributed by atoms with Gasteiger partial charge in [-0.3, -0.25) is 9.59 Å². The summed E-state index contributed by atoms with van der Waals surface area (Å²) in [6.07, 6.45) is 0. The minimum absolute atomic E-state index is 0.127. The number of nitrogens with zero attached hydrogens (tertiary/aromatic N) is 1. The number of carbonyl (C=O) groups is 2. The molecule has 0 fully saturated rings. The van der Waals surface area contributed by atoms with Crippen LogP contribution in [0.1, 0.15) is 12.5 Å². The largest absolute Gasteiger partial charge is 0.454 e. The van der Waals surface area contributed by atoms with Gasteiger partial charge in [0.05, 0.1) is 10.0 Å². The predicted molar refractivity (Wildman–Crippen MR) is 98.9 cm³/mol. The highest BCUT2D eigenvalue weighted by molar-refractivity contribution is 6.42. The van der Waals surface area contributed by atoms with Crippen molar-refractivity contribution in [2.24, 2.45) is 0 Å². The van der Waals surface area contributed by atoms with E-state index >= 15 is 0 Å². The molecule has 0 spiro atoms. The Hall–Kier alpha value is -2.44. The summed E-state index contributed by atoms with van der Waals surface area (Å²) in [5, 5.41) is 3.48. The summed E-state index contributed by atoms with van der Waals surface area (Å²) in [4.78, 5) is 25.5. The third-order valence-corrected chi connectivity index (χ3v) is 4.56. The van der Waals surface area contributed by atoms with Gasteiger partial charge in [0.15, 0.2) is 11.5 Å². The summed E-state index contributed by atoms with van der Waals surface area (Å²) in [5.74, 6) is 0.755. The topological polar surface area (TPSA) is 67.9 Å². The Kier molecular flexibility index (Phi) is 5.54. The minimum atomic E-state index is -0.302. The number of fused-ring (bicyclic) bond motifs is 1. The molecule has 3 rings (SSSR count). The summed E-state index contributed by atoms with van der Waals surface area (Å²) in [7, 11) is 0. The van der Waals surface area contributed by atoms with Crippen molar-refractivity contribution in [3.05, 3.63) is 52.0 Å². The standard InChI is InChI=1S/C18H16Cl2N2O4/c1-11(23)22(13-3-4-14(19)15(20)7-13)9-18(24)21-8-12-2-5-16-17(6-12)26-10-25-16/h2-7H,8-10H2,1H3,(H,21,24). The van der Waals surface area contributed by atoms with Crippen molar-refractivity contribution in [2.45, 2.75) is 13.5 Å². The van der Waals surface area contributed by atoms with E-state index in [9.17, 15) is 9.59 Å². The maximum absolute atomic E-state index is 12.3. The van der Waals surface area contributed by atoms with E-state index < -0.39 is 0 Å². The molecule has 0 atom stereocenters. The molecule has 0 saturated carbocycles. The monoisotopic (exact) mass is 394 g/mol. The summed E-state index contributed by atoms with van der Waals surface area (Å²) in [6, 6.07) is 10.2. The number of nitrogens with one attached hydrogen (secondary N) is 1. The van der Waals surface area contributed by atoms with Crippen LogP contribution in [-0.4, -0.2) is 25.2 Å². The van der Waals surface area contributed by atoms with Crippen molar-refractivity contribution in [2.75, 3.05) is 18.2 Å². The molecule has 26 heavy (non-hydrogen) atoms. The number of hydrogen-bond acceptors (Lipinski definition) is 4. The molecule has 2 aromatic rings. The van der Waals surface area contributed by atoms with Crippen LogP contribution in [0.3, 0.4) is 0 Å². The first kappa shape index (κ1) is 18.4. The fraction of sp³-hybridized carbons (Fsp3) is 0.222. The predicted octanol–water partition coefficient (Wildman–Crippen LogP) is 3.39. The van der Waals surface area contributed by atoms with Crippen LogP contribution in [0.2, 0.25) is 10.0 Å². The van der Waals surface area contributed by atoms with Crippen molar-refractivity contribution in [1.82, 2.24) is 5.32 Å². The van der Waals surface area contributed by atoms with Gasteiger partial charge in [-0.05, 0) is 35.9 Å². The van der Waals surface area contributed by atoms with Crippen molar-refractivity contribution in [3.8, 4) is 11.5 Å². The van der Waals surface area contributed by atoms with Gasteiger partial charge in [0.2, 0.25) is 18.6 Å². The molecule has 0 aliphatic carbocycles. The number of ether oxygens (including phenoxy) is 2. The van der Waals surface area contributed by atoms with Gasteiger partial charge in [0, 0.05) is 19.2 Å². The molecule has 6 nitrogen and oxygen atoms in total. The van der Waals surface area contributed by atoms with Crippen molar-refractivity contribution in [3.63, 3.8) is 0 Å². The maximum atomic E-state index is 12.3. The lowest BCUT2D eigenvalue weighted by molar-refractivity contribution is -0.123. The Morgan fingerprint density at radius 2 is 1.85 bits per heavy atom. The fourth-order valence-corrected chi connectivity index (χ4v) is 2.78. The summed E-state index contributed by atoms with van der Waals surface area (Å²) in [5.41, 5.74) is 1.37. The molecule has 136 valence electrons. The Morgan fingerprint density at radius 1 is 1.08 bits per heavy atom. The van der Waals surface area contributed by atoms with E-state index in [0.29, 0.717) is 33.8 Å². The number of hydrogen-bond donors (Lipinski definition) is 1. The normalized spacial score (nSPS) is 12.0. The van der Waals surface area contributed by atoms with Crippen LogP contribution >= 0.6 is 23.2 Å². The van der Waals surface area contributed by atoms with Crippen LogP contribution in [0.25, 0.3) is 0 Å². The second-order valence-corrected chi connectivity index (χ2v) is 6.48. The van der Waals surface area contributed by atoms with E-state index in [0.717, 1.165) is 5.56 Å². The Bertz CT molecular complexity index is 857. The minimum Gasteiger partial charge on any atom is -0.454 e. The summed E-state index contributed by atoms with van der Waals surface area (Å²) >= 11 is 11.9. The highest BCUT2D eigenvalue weighted by atomic mass is 35.5. The molecular formula is C18H16Cl2N2O4. The smallest absolute Gasteiger partial charge is 0.240 e. The van der Waals surface area contributed by atoms with E-state index in [1.807, 2.05) is 12.1 Å². The third-order valence-electron chi connectivity index (χ3n) is 3.82. The van der Waals surface area contributed by atoms with Crippen LogP contribution in [-0.2, 0) is 16.1 Å². The molecular weight excluding hydrogens is 379 g/mol. The molecule has 1 aliphatic rings. The number of anilines is 1. The molecule has 0 aromatic heterocycles. The molecule has 1 N–H and O–H groups in total. The van der Waals surface area contributed by atoms with E-state index in [-0.39, 0.29) is 25.2 Å². The van der Waals surface area contributed by atoms with E-state index in [2.05, 4.69) is 5.32 Å². The molecule has 0 unspecified atom stereocenters. The second kappa shape index (κ2) is 7.85. The molecule has 0 saturated heterocycles. The molecule has 2 amide bonds. The molecule has 1 heterocycles. The van der Waals surface area contributed by atoms with Crippen LogP contribution in [0.4, 0.5) is 5.69 Å². The van der Waals surface area contributed by atoms with Crippen molar-refractivity contribution >= 4 is 40.7 Å². The van der Waals surface area contributed by atoms with Gasteiger partial charge in [0.1, 0.15) is 6.54 Å². The van der Waals surface area contributed by atoms with Crippen LogP contribution in [0.15, 0.2) is 36.4 Å². The highest BCUT2D eigenvalue weighted by Gasteiger charge is 2.17. The first-order chi connectivity index (χ1) is 12.4. The van der Waals surface area contributed by atoms with Crippen molar-refractivity contribution < 1.29 is 19.1 Å². The number of benzene rings is 2. The van der Waals surface area contributed by atoms with Gasteiger partial charge in [-0.25, -0.2) is 0 Å². The first-order valence-corrected chi connectivity index (χ1v) is 8.58. The lowest BCUT2D eigenvalue weighted by Gasteiger charge is -2.21. The fourth-order valence-electron chi connectivity index (χ4n) is 2.49. The zero-order valence-corrected chi connectivity index (χ0v) is 15.4. The average molecular weight is 395 g/mol. The molecule has 1 aliphatic heterocycles. The second-order valence-electron chi connectivity index (χ2n) is 5.67. The molecule has 2 aromatic carbocycles. The van der Waals surface area contributed by atoms with Gasteiger partial charge in [0.25, 0.3) is 0 Å². The third kappa shape index (κ3) is 4.20. The van der Waals surface area contributed by atoms with Gasteiger partial charge in [-0.15, -0.1) is 0 Å². The molecule has 0 bridgehead atoms. The SMILES string of the molecule is CC(=O)N(CC(=O)NCc1ccc2c(c1)OCO2)c1ccc(Cl)c(Cl)c1. The summed E-state index contributed by atoms with van der Waals surface area (Å²) in [6.45, 7) is 1.76. The van der Waals surface area contributed by atoms with E-state index in [4.69, 9.17) is 32.7 Å². The van der Waals surface area contributed by atoms with Crippen LogP contribution in [0, 0.1) is 0 Å². The molecule has 0 radical (unpaired) electrons. The first-order valence-electron chi connectivity index (χ1n) is 7.82. The lowest BCUT2D eigenvalue weighted by Crippen LogP contribution is -2.39. The maximum Gasteiger partial charge on any atom is 0.240 e. The Morgan fingerprint density at radius 3 is 2.58 bits per heavy atom. The van der Waals surface area contributed by atoms with E-state index in [1.54, 1.807) is 24.3 Å². The Balaban J connectivity index is 1.63. The zero-order valence-electron chi connectivity index (χ0n) is 13.9. The average Bonchev–Trinajstić information content (AvgIpc) is 3.08.